The Labute approximate surface area is 222 Å². The Balaban J connectivity index is 1.38. The Morgan fingerprint density at radius 2 is 1.78 bits per heavy atom. The molecule has 0 spiro atoms. The fraction of sp³-hybridized carbons (Fsp3) is 0.375. The van der Waals surface area contributed by atoms with Gasteiger partial charge in [0.05, 0.1) is 11.3 Å². The molecule has 192 valence electrons. The van der Waals surface area contributed by atoms with Crippen LogP contribution in [-0.2, 0) is 35.6 Å². The highest BCUT2D eigenvalue weighted by Crippen LogP contribution is 2.51. The molecule has 9 nitrogen and oxygen atoms in total. The van der Waals surface area contributed by atoms with E-state index in [2.05, 4.69) is 21.2 Å². The number of nitrogens with zero attached hydrogens (tertiary/aromatic N) is 2. The monoisotopic (exact) mass is 595 g/mol. The lowest BCUT2D eigenvalue weighted by Gasteiger charge is -2.44. The van der Waals surface area contributed by atoms with Crippen LogP contribution < -0.4 is 5.32 Å². The van der Waals surface area contributed by atoms with Crippen LogP contribution in [0.1, 0.15) is 19.4 Å². The molecule has 2 amide bonds. The minimum atomic E-state index is -3.87. The zero-order valence-electron chi connectivity index (χ0n) is 19.9. The first-order chi connectivity index (χ1) is 16.9. The van der Waals surface area contributed by atoms with Crippen LogP contribution in [0.25, 0.3) is 0 Å². The summed E-state index contributed by atoms with van der Waals surface area (Å²) >= 11 is 4.67. The van der Waals surface area contributed by atoms with Gasteiger partial charge in [-0.25, -0.2) is 13.2 Å². The number of halogens is 1. The predicted molar refractivity (Wildman–Crippen MR) is 138 cm³/mol. The quantitative estimate of drug-likeness (QED) is 0.283. The predicted octanol–water partition coefficient (Wildman–Crippen LogP) is 2.36. The Morgan fingerprint density at radius 1 is 1.14 bits per heavy atom. The third-order valence-electron chi connectivity index (χ3n) is 6.10. The summed E-state index contributed by atoms with van der Waals surface area (Å²) in [6.45, 7) is 3.14. The Bertz CT molecular complexity index is 1270. The van der Waals surface area contributed by atoms with Crippen molar-refractivity contribution in [2.24, 2.45) is 0 Å². The van der Waals surface area contributed by atoms with E-state index in [-0.39, 0.29) is 23.1 Å². The van der Waals surface area contributed by atoms with E-state index in [4.69, 9.17) is 4.74 Å². The molecule has 0 aromatic heterocycles. The lowest BCUT2D eigenvalue weighted by atomic mass is 9.96. The maximum atomic E-state index is 13.0. The van der Waals surface area contributed by atoms with Crippen LogP contribution in [0.4, 0.5) is 0 Å². The number of rotatable bonds is 8. The van der Waals surface area contributed by atoms with Crippen molar-refractivity contribution < 1.29 is 27.5 Å². The molecule has 36 heavy (non-hydrogen) atoms. The first-order valence-corrected chi connectivity index (χ1v) is 14.2. The zero-order valence-corrected chi connectivity index (χ0v) is 23.1. The van der Waals surface area contributed by atoms with Crippen molar-refractivity contribution in [1.29, 1.82) is 0 Å². The van der Waals surface area contributed by atoms with E-state index in [1.807, 2.05) is 44.2 Å². The van der Waals surface area contributed by atoms with Gasteiger partial charge < -0.3 is 15.0 Å². The first kappa shape index (κ1) is 26.6. The largest absolute Gasteiger partial charge is 0.447 e. The van der Waals surface area contributed by atoms with Crippen LogP contribution in [0.5, 0.6) is 0 Å². The van der Waals surface area contributed by atoms with Crippen LogP contribution in [-0.4, -0.2) is 71.4 Å². The Kier molecular flexibility index (Phi) is 7.52. The number of amides is 2. The summed E-state index contributed by atoms with van der Waals surface area (Å²) in [7, 11) is -2.56. The second-order valence-electron chi connectivity index (χ2n) is 9.12. The Morgan fingerprint density at radius 3 is 2.42 bits per heavy atom. The first-order valence-electron chi connectivity index (χ1n) is 11.1. The highest BCUT2D eigenvalue weighted by atomic mass is 79.9. The molecule has 4 rings (SSSR count). The van der Waals surface area contributed by atoms with E-state index in [0.29, 0.717) is 0 Å². The molecule has 2 aromatic carbocycles. The minimum Gasteiger partial charge on any atom is -0.447 e. The molecule has 0 aliphatic carbocycles. The van der Waals surface area contributed by atoms with Gasteiger partial charge in [-0.1, -0.05) is 46.3 Å². The molecular formula is C24H26BrN3O6S2. The second-order valence-corrected chi connectivity index (χ2v) is 13.8. The molecule has 0 bridgehead atoms. The van der Waals surface area contributed by atoms with Gasteiger partial charge in [0, 0.05) is 16.3 Å². The van der Waals surface area contributed by atoms with E-state index < -0.39 is 44.9 Å². The van der Waals surface area contributed by atoms with Crippen molar-refractivity contribution in [3.05, 3.63) is 64.6 Å². The van der Waals surface area contributed by atoms with Gasteiger partial charge in [0.25, 0.3) is 0 Å². The molecule has 2 fully saturated rings. The number of ether oxygens (including phenoxy) is 1. The molecule has 0 radical (unpaired) electrons. The van der Waals surface area contributed by atoms with Gasteiger partial charge in [0.2, 0.25) is 21.8 Å². The molecule has 1 N–H and O–H groups in total. The van der Waals surface area contributed by atoms with E-state index in [0.717, 1.165) is 14.3 Å². The number of esters is 1. The highest BCUT2D eigenvalue weighted by Gasteiger charge is 2.64. The summed E-state index contributed by atoms with van der Waals surface area (Å²) in [5.41, 5.74) is 0.835. The summed E-state index contributed by atoms with van der Waals surface area (Å²) in [4.78, 5) is 39.9. The van der Waals surface area contributed by atoms with Gasteiger partial charge in [0.15, 0.2) is 6.73 Å². The SMILES string of the molecule is CN(COC(=O)[C@@H]1N2C(=O)[C@@H](NC(=O)Cc3ccccc3)[C@H]2SC1(C)C)S(=O)(=O)c1ccc(Br)cc1. The van der Waals surface area contributed by atoms with Gasteiger partial charge in [-0.2, -0.15) is 4.31 Å². The summed E-state index contributed by atoms with van der Waals surface area (Å²) in [5, 5.41) is 2.37. The number of fused-ring (bicyclic) bond motifs is 1. The third-order valence-corrected chi connectivity index (χ3v) is 9.99. The van der Waals surface area contributed by atoms with E-state index in [1.165, 1.54) is 35.8 Å². The molecular weight excluding hydrogens is 570 g/mol. The molecule has 2 heterocycles. The summed E-state index contributed by atoms with van der Waals surface area (Å²) in [6.07, 6.45) is 0.149. The average molecular weight is 597 g/mol. The Hall–Kier alpha value is -2.41. The topological polar surface area (TPSA) is 113 Å². The maximum Gasteiger partial charge on any atom is 0.331 e. The standard InChI is InChI=1S/C24H26BrN3O6S2/c1-24(2)20(23(31)34-14-27(3)36(32,33)17-11-9-16(25)10-12-17)28-21(30)19(22(28)35-24)26-18(29)13-15-7-5-4-6-8-15/h4-12,19-20,22H,13-14H2,1-3H3,(H,26,29)/t19-,20+,22-/m1/s1. The number of hydrogen-bond acceptors (Lipinski definition) is 7. The number of thioether (sulfide) groups is 1. The molecule has 2 aliphatic rings. The molecule has 2 saturated heterocycles. The van der Waals surface area contributed by atoms with Crippen LogP contribution in [0, 0.1) is 0 Å². The van der Waals surface area contributed by atoms with E-state index in [1.54, 1.807) is 12.1 Å². The normalized spacial score (nSPS) is 22.6. The van der Waals surface area contributed by atoms with Crippen LogP contribution in [0.2, 0.25) is 0 Å². The third kappa shape index (κ3) is 5.17. The fourth-order valence-corrected chi connectivity index (χ4v) is 7.14. The van der Waals surface area contributed by atoms with Gasteiger partial charge in [-0.15, -0.1) is 11.8 Å². The molecule has 2 aromatic rings. The average Bonchev–Trinajstić information content (AvgIpc) is 3.09. The maximum absolute atomic E-state index is 13.0. The summed E-state index contributed by atoms with van der Waals surface area (Å²) in [5.74, 6) is -1.34. The van der Waals surface area contributed by atoms with Crippen LogP contribution >= 0.6 is 27.7 Å². The van der Waals surface area contributed by atoms with Gasteiger partial charge in [0.1, 0.15) is 17.5 Å². The van der Waals surface area contributed by atoms with Crippen molar-refractivity contribution >= 4 is 55.5 Å². The van der Waals surface area contributed by atoms with Crippen molar-refractivity contribution in [2.75, 3.05) is 13.8 Å². The smallest absolute Gasteiger partial charge is 0.331 e. The zero-order chi connectivity index (χ0) is 26.3. The minimum absolute atomic E-state index is 0.0630. The molecule has 3 atom stereocenters. The molecule has 2 aliphatic heterocycles. The van der Waals surface area contributed by atoms with Crippen molar-refractivity contribution in [3.8, 4) is 0 Å². The number of nitrogens with one attached hydrogen (secondary N) is 1. The number of sulfonamides is 1. The number of benzene rings is 2. The lowest BCUT2D eigenvalue weighted by Crippen LogP contribution is -2.70. The highest BCUT2D eigenvalue weighted by molar-refractivity contribution is 9.10. The van der Waals surface area contributed by atoms with E-state index >= 15 is 0 Å². The fourth-order valence-electron chi connectivity index (χ4n) is 4.22. The molecule has 12 heteroatoms. The van der Waals surface area contributed by atoms with Gasteiger partial charge in [-0.05, 0) is 43.7 Å². The number of hydrogen-bond donors (Lipinski definition) is 1. The molecule has 0 saturated carbocycles. The summed E-state index contributed by atoms with van der Waals surface area (Å²) in [6, 6.07) is 13.7. The van der Waals surface area contributed by atoms with Crippen molar-refractivity contribution in [2.45, 2.75) is 47.4 Å². The number of carbonyl (C=O) groups is 3. The van der Waals surface area contributed by atoms with Crippen LogP contribution in [0.3, 0.4) is 0 Å². The van der Waals surface area contributed by atoms with Gasteiger partial charge in [-0.3, -0.25) is 9.59 Å². The molecule has 0 unspecified atom stereocenters. The number of carbonyl (C=O) groups excluding carboxylic acids is 3. The summed E-state index contributed by atoms with van der Waals surface area (Å²) < 4.78 is 31.9. The van der Waals surface area contributed by atoms with Crippen LogP contribution in [0.15, 0.2) is 64.0 Å². The van der Waals surface area contributed by atoms with Gasteiger partial charge >= 0.3 is 5.97 Å². The second kappa shape index (κ2) is 10.2. The van der Waals surface area contributed by atoms with Crippen molar-refractivity contribution in [1.82, 2.24) is 14.5 Å². The van der Waals surface area contributed by atoms with Crippen molar-refractivity contribution in [3.63, 3.8) is 0 Å². The number of β-lactam (4-membered cyclic amide) rings is 1. The van der Waals surface area contributed by atoms with E-state index in [9.17, 15) is 22.8 Å². The lowest BCUT2D eigenvalue weighted by molar-refractivity contribution is -0.165.